The fraction of sp³-hybridized carbons (Fsp3) is 0.947. The highest BCUT2D eigenvalue weighted by molar-refractivity contribution is 5.79. The molecule has 1 saturated carbocycles. The normalized spacial score (nSPS) is 27.6. The van der Waals surface area contributed by atoms with Gasteiger partial charge in [-0.05, 0) is 38.5 Å². The summed E-state index contributed by atoms with van der Waals surface area (Å²) in [6, 6.07) is 0.369. The molecule has 1 aliphatic heterocycles. The van der Waals surface area contributed by atoms with Gasteiger partial charge in [0, 0.05) is 44.8 Å². The first-order chi connectivity index (χ1) is 11.2. The van der Waals surface area contributed by atoms with E-state index in [2.05, 4.69) is 17.1 Å². The minimum absolute atomic E-state index is 0.272. The minimum Gasteiger partial charge on any atom is -0.382 e. The maximum atomic E-state index is 12.5. The van der Waals surface area contributed by atoms with Gasteiger partial charge in [0.25, 0.3) is 0 Å². The van der Waals surface area contributed by atoms with Gasteiger partial charge in [0.15, 0.2) is 0 Å². The third-order valence-electron chi connectivity index (χ3n) is 5.51. The predicted octanol–water partition coefficient (Wildman–Crippen LogP) is 3.21. The number of carbonyl (C=O) groups is 1. The lowest BCUT2D eigenvalue weighted by atomic mass is 9.92. The van der Waals surface area contributed by atoms with Gasteiger partial charge >= 0.3 is 0 Å². The highest BCUT2D eigenvalue weighted by Crippen LogP contribution is 2.24. The van der Waals surface area contributed by atoms with Crippen LogP contribution in [0.3, 0.4) is 0 Å². The van der Waals surface area contributed by atoms with E-state index in [1.54, 1.807) is 0 Å². The number of rotatable bonds is 7. The number of nitrogens with one attached hydrogen (secondary N) is 1. The maximum Gasteiger partial charge on any atom is 0.223 e. The molecule has 4 nitrogen and oxygen atoms in total. The first kappa shape index (κ1) is 18.7. The molecule has 0 unspecified atom stereocenters. The molecule has 0 aromatic carbocycles. The third-order valence-corrected chi connectivity index (χ3v) is 5.51. The lowest BCUT2D eigenvalue weighted by molar-refractivity contribution is -0.126. The largest absolute Gasteiger partial charge is 0.382 e. The van der Waals surface area contributed by atoms with Crippen LogP contribution in [-0.2, 0) is 9.53 Å². The Morgan fingerprint density at radius 3 is 2.57 bits per heavy atom. The summed E-state index contributed by atoms with van der Waals surface area (Å²) in [7, 11) is 0. The Labute approximate surface area is 142 Å². The van der Waals surface area contributed by atoms with E-state index in [0.29, 0.717) is 17.9 Å². The van der Waals surface area contributed by atoms with Crippen LogP contribution in [0.2, 0.25) is 0 Å². The number of hydrogen-bond donors (Lipinski definition) is 1. The predicted molar refractivity (Wildman–Crippen MR) is 94.5 cm³/mol. The van der Waals surface area contributed by atoms with E-state index in [1.807, 2.05) is 6.92 Å². The first-order valence-electron chi connectivity index (χ1n) is 9.81. The Bertz CT molecular complexity index is 340. The molecular formula is C19H36N2O2. The number of nitrogens with zero attached hydrogens (tertiary/aromatic N) is 1. The lowest BCUT2D eigenvalue weighted by Gasteiger charge is -2.37. The second-order valence-electron chi connectivity index (χ2n) is 7.42. The topological polar surface area (TPSA) is 41.6 Å². The number of piperidine rings is 1. The summed E-state index contributed by atoms with van der Waals surface area (Å²) in [5.74, 6) is 1.15. The number of amides is 1. The molecule has 2 atom stereocenters. The zero-order valence-corrected chi connectivity index (χ0v) is 15.2. The van der Waals surface area contributed by atoms with Gasteiger partial charge < -0.3 is 15.0 Å². The van der Waals surface area contributed by atoms with Crippen LogP contribution in [0.1, 0.15) is 65.2 Å². The van der Waals surface area contributed by atoms with Crippen molar-refractivity contribution in [1.29, 1.82) is 0 Å². The highest BCUT2D eigenvalue weighted by atomic mass is 16.5. The Morgan fingerprint density at radius 1 is 1.17 bits per heavy atom. The smallest absolute Gasteiger partial charge is 0.223 e. The van der Waals surface area contributed by atoms with Crippen molar-refractivity contribution in [1.82, 2.24) is 10.2 Å². The molecule has 2 aliphatic rings. The van der Waals surface area contributed by atoms with Crippen LogP contribution in [0, 0.1) is 11.8 Å². The van der Waals surface area contributed by atoms with Crippen LogP contribution >= 0.6 is 0 Å². The standard InChI is InChI=1S/C19H36N2O2/c1-3-23-14-8-12-21-13-11-18(16(2)15-21)20-19(22)17-9-6-4-5-7-10-17/h16-18H,3-15H2,1-2H3,(H,20,22)/t16-,18-/m0/s1. The van der Waals surface area contributed by atoms with E-state index in [4.69, 9.17) is 4.74 Å². The molecule has 2 rings (SSSR count). The van der Waals surface area contributed by atoms with Gasteiger partial charge in [0.05, 0.1) is 0 Å². The van der Waals surface area contributed by atoms with Crippen molar-refractivity contribution in [3.63, 3.8) is 0 Å². The van der Waals surface area contributed by atoms with Crippen molar-refractivity contribution in [2.75, 3.05) is 32.8 Å². The quantitative estimate of drug-likeness (QED) is 0.577. The summed E-state index contributed by atoms with van der Waals surface area (Å²) in [6.07, 6.45) is 9.46. The summed E-state index contributed by atoms with van der Waals surface area (Å²) >= 11 is 0. The molecule has 1 N–H and O–H groups in total. The van der Waals surface area contributed by atoms with Crippen molar-refractivity contribution in [2.45, 2.75) is 71.3 Å². The highest BCUT2D eigenvalue weighted by Gasteiger charge is 2.29. The van der Waals surface area contributed by atoms with Crippen LogP contribution in [0.25, 0.3) is 0 Å². The summed E-state index contributed by atoms with van der Waals surface area (Å²) < 4.78 is 5.42. The van der Waals surface area contributed by atoms with E-state index in [9.17, 15) is 4.79 Å². The zero-order chi connectivity index (χ0) is 16.5. The van der Waals surface area contributed by atoms with Gasteiger partial charge in [-0.1, -0.05) is 32.6 Å². The van der Waals surface area contributed by atoms with Crippen LogP contribution in [0.4, 0.5) is 0 Å². The Hall–Kier alpha value is -0.610. The molecule has 4 heteroatoms. The van der Waals surface area contributed by atoms with E-state index in [1.165, 1.54) is 25.7 Å². The van der Waals surface area contributed by atoms with Crippen molar-refractivity contribution in [3.05, 3.63) is 0 Å². The molecule has 1 aliphatic carbocycles. The first-order valence-corrected chi connectivity index (χ1v) is 9.81. The molecule has 0 aromatic rings. The van der Waals surface area contributed by atoms with Crippen molar-refractivity contribution >= 4 is 5.91 Å². The van der Waals surface area contributed by atoms with Crippen LogP contribution in [0.5, 0.6) is 0 Å². The van der Waals surface area contributed by atoms with E-state index >= 15 is 0 Å². The molecule has 134 valence electrons. The average molecular weight is 325 g/mol. The lowest BCUT2D eigenvalue weighted by Crippen LogP contribution is -2.51. The number of hydrogen-bond acceptors (Lipinski definition) is 3. The molecular weight excluding hydrogens is 288 g/mol. The summed E-state index contributed by atoms with van der Waals surface area (Å²) in [6.45, 7) is 9.33. The summed E-state index contributed by atoms with van der Waals surface area (Å²) in [5, 5.41) is 3.37. The second kappa shape index (κ2) is 10.3. The third kappa shape index (κ3) is 6.42. The van der Waals surface area contributed by atoms with Crippen molar-refractivity contribution in [3.8, 4) is 0 Å². The Kier molecular flexibility index (Phi) is 8.38. The molecule has 0 spiro atoms. The van der Waals surface area contributed by atoms with E-state index in [-0.39, 0.29) is 5.92 Å². The monoisotopic (exact) mass is 324 g/mol. The van der Waals surface area contributed by atoms with Crippen LogP contribution in [0.15, 0.2) is 0 Å². The van der Waals surface area contributed by atoms with Crippen LogP contribution in [-0.4, -0.2) is 49.7 Å². The number of likely N-dealkylation sites (tertiary alicyclic amines) is 1. The van der Waals surface area contributed by atoms with Crippen molar-refractivity contribution in [2.24, 2.45) is 11.8 Å². The van der Waals surface area contributed by atoms with Gasteiger partial charge in [-0.15, -0.1) is 0 Å². The molecule has 23 heavy (non-hydrogen) atoms. The molecule has 0 aromatic heterocycles. The van der Waals surface area contributed by atoms with Gasteiger partial charge in [-0.25, -0.2) is 0 Å². The zero-order valence-electron chi connectivity index (χ0n) is 15.2. The SMILES string of the molecule is CCOCCCN1CC[C@H](NC(=O)C2CCCCCC2)[C@@H](C)C1. The number of carbonyl (C=O) groups excluding carboxylic acids is 1. The van der Waals surface area contributed by atoms with Gasteiger partial charge in [-0.2, -0.15) is 0 Å². The minimum atomic E-state index is 0.272. The summed E-state index contributed by atoms with van der Waals surface area (Å²) in [5.41, 5.74) is 0. The Morgan fingerprint density at radius 2 is 1.91 bits per heavy atom. The molecule has 2 fully saturated rings. The summed E-state index contributed by atoms with van der Waals surface area (Å²) in [4.78, 5) is 15.1. The maximum absolute atomic E-state index is 12.5. The van der Waals surface area contributed by atoms with E-state index < -0.39 is 0 Å². The molecule has 1 saturated heterocycles. The molecule has 1 amide bonds. The second-order valence-corrected chi connectivity index (χ2v) is 7.42. The fourth-order valence-corrected chi connectivity index (χ4v) is 4.03. The molecule has 0 bridgehead atoms. The number of ether oxygens (including phenoxy) is 1. The fourth-order valence-electron chi connectivity index (χ4n) is 4.03. The average Bonchev–Trinajstić information content (AvgIpc) is 2.83. The molecule has 0 radical (unpaired) electrons. The van der Waals surface area contributed by atoms with Gasteiger partial charge in [0.1, 0.15) is 0 Å². The van der Waals surface area contributed by atoms with Gasteiger partial charge in [0.2, 0.25) is 5.91 Å². The molecule has 1 heterocycles. The van der Waals surface area contributed by atoms with Gasteiger partial charge in [-0.3, -0.25) is 4.79 Å². The van der Waals surface area contributed by atoms with E-state index in [0.717, 1.165) is 58.5 Å². The Balaban J connectivity index is 1.69. The van der Waals surface area contributed by atoms with Crippen LogP contribution < -0.4 is 5.32 Å². The van der Waals surface area contributed by atoms with Crippen molar-refractivity contribution < 1.29 is 9.53 Å².